The SMILES string of the molecule is Nc1ccccc1OCCC(=O)NCc1ccc(Cl)cc1. The number of carbonyl (C=O) groups is 1. The molecule has 0 unspecified atom stereocenters. The number of benzene rings is 2. The first-order valence-electron chi connectivity index (χ1n) is 6.63. The second-order valence-electron chi connectivity index (χ2n) is 4.54. The molecule has 0 aliphatic carbocycles. The largest absolute Gasteiger partial charge is 0.491 e. The lowest BCUT2D eigenvalue weighted by molar-refractivity contribution is -0.121. The summed E-state index contributed by atoms with van der Waals surface area (Å²) in [6, 6.07) is 14.6. The molecule has 4 nitrogen and oxygen atoms in total. The van der Waals surface area contributed by atoms with Crippen LogP contribution in [0.2, 0.25) is 5.02 Å². The normalized spacial score (nSPS) is 10.1. The number of ether oxygens (including phenoxy) is 1. The Labute approximate surface area is 128 Å². The molecule has 110 valence electrons. The summed E-state index contributed by atoms with van der Waals surface area (Å²) in [4.78, 5) is 11.7. The summed E-state index contributed by atoms with van der Waals surface area (Å²) in [5.74, 6) is 0.530. The first-order chi connectivity index (χ1) is 10.1. The molecule has 0 aliphatic heterocycles. The van der Waals surface area contributed by atoms with Crippen LogP contribution >= 0.6 is 11.6 Å². The average Bonchev–Trinajstić information content (AvgIpc) is 2.49. The molecule has 0 saturated heterocycles. The Kier molecular flexibility index (Phi) is 5.46. The van der Waals surface area contributed by atoms with Crippen LogP contribution in [-0.4, -0.2) is 12.5 Å². The molecule has 5 heteroatoms. The van der Waals surface area contributed by atoms with Crippen molar-refractivity contribution in [2.24, 2.45) is 0 Å². The quantitative estimate of drug-likeness (QED) is 0.806. The van der Waals surface area contributed by atoms with E-state index < -0.39 is 0 Å². The second kappa shape index (κ2) is 7.55. The predicted molar refractivity (Wildman–Crippen MR) is 84.3 cm³/mol. The Morgan fingerprint density at radius 1 is 1.14 bits per heavy atom. The Hall–Kier alpha value is -2.20. The fourth-order valence-electron chi connectivity index (χ4n) is 1.76. The van der Waals surface area contributed by atoms with Gasteiger partial charge in [-0.25, -0.2) is 0 Å². The number of anilines is 1. The Morgan fingerprint density at radius 3 is 2.57 bits per heavy atom. The molecule has 3 N–H and O–H groups in total. The molecule has 0 radical (unpaired) electrons. The Morgan fingerprint density at radius 2 is 1.86 bits per heavy atom. The van der Waals surface area contributed by atoms with E-state index in [4.69, 9.17) is 22.1 Å². The lowest BCUT2D eigenvalue weighted by atomic mass is 10.2. The molecule has 0 saturated carbocycles. The van der Waals surface area contributed by atoms with Gasteiger partial charge in [-0.05, 0) is 29.8 Å². The van der Waals surface area contributed by atoms with Crippen LogP contribution in [0.15, 0.2) is 48.5 Å². The lowest BCUT2D eigenvalue weighted by Crippen LogP contribution is -2.24. The maximum atomic E-state index is 11.7. The highest BCUT2D eigenvalue weighted by Crippen LogP contribution is 2.19. The summed E-state index contributed by atoms with van der Waals surface area (Å²) in [5.41, 5.74) is 7.32. The van der Waals surface area contributed by atoms with Gasteiger partial charge < -0.3 is 15.8 Å². The molecular weight excluding hydrogens is 288 g/mol. The van der Waals surface area contributed by atoms with E-state index in [-0.39, 0.29) is 12.3 Å². The standard InChI is InChI=1S/C16H17ClN2O2/c17-13-7-5-12(6-8-13)11-19-16(20)9-10-21-15-4-2-1-3-14(15)18/h1-8H,9-11,18H2,(H,19,20). The zero-order valence-electron chi connectivity index (χ0n) is 11.5. The summed E-state index contributed by atoms with van der Waals surface area (Å²) in [5, 5.41) is 3.51. The van der Waals surface area contributed by atoms with E-state index >= 15 is 0 Å². The Bertz CT molecular complexity index is 599. The van der Waals surface area contributed by atoms with Gasteiger partial charge in [0.2, 0.25) is 5.91 Å². The van der Waals surface area contributed by atoms with Crippen LogP contribution in [0.4, 0.5) is 5.69 Å². The van der Waals surface area contributed by atoms with Crippen molar-refractivity contribution in [2.45, 2.75) is 13.0 Å². The van der Waals surface area contributed by atoms with Gasteiger partial charge in [-0.3, -0.25) is 4.79 Å². The van der Waals surface area contributed by atoms with Gasteiger partial charge in [-0.1, -0.05) is 35.9 Å². The number of halogens is 1. The van der Waals surface area contributed by atoms with Gasteiger partial charge in [-0.2, -0.15) is 0 Å². The van der Waals surface area contributed by atoms with Crippen molar-refractivity contribution in [3.63, 3.8) is 0 Å². The van der Waals surface area contributed by atoms with Gasteiger partial charge in [0.05, 0.1) is 18.7 Å². The number of rotatable bonds is 6. The molecule has 0 fully saturated rings. The number of nitrogen functional groups attached to an aromatic ring is 1. The van der Waals surface area contributed by atoms with Crippen LogP contribution in [-0.2, 0) is 11.3 Å². The molecule has 1 amide bonds. The smallest absolute Gasteiger partial charge is 0.223 e. The van der Waals surface area contributed by atoms with Crippen molar-refractivity contribution >= 4 is 23.2 Å². The minimum atomic E-state index is -0.0700. The number of hydrogen-bond acceptors (Lipinski definition) is 3. The second-order valence-corrected chi connectivity index (χ2v) is 4.98. The van der Waals surface area contributed by atoms with Gasteiger partial charge in [0.25, 0.3) is 0 Å². The van der Waals surface area contributed by atoms with E-state index in [0.717, 1.165) is 5.56 Å². The highest BCUT2D eigenvalue weighted by atomic mass is 35.5. The van der Waals surface area contributed by atoms with Crippen LogP contribution in [0.3, 0.4) is 0 Å². The zero-order valence-corrected chi connectivity index (χ0v) is 12.3. The third-order valence-corrected chi connectivity index (χ3v) is 3.16. The van der Waals surface area contributed by atoms with Crippen LogP contribution < -0.4 is 15.8 Å². The number of amides is 1. The van der Waals surface area contributed by atoms with E-state index in [1.54, 1.807) is 24.3 Å². The maximum Gasteiger partial charge on any atom is 0.223 e. The summed E-state index contributed by atoms with van der Waals surface area (Å²) in [7, 11) is 0. The third kappa shape index (κ3) is 5.00. The van der Waals surface area contributed by atoms with Crippen LogP contribution in [0.1, 0.15) is 12.0 Å². The van der Waals surface area contributed by atoms with Crippen LogP contribution in [0.5, 0.6) is 5.75 Å². The van der Waals surface area contributed by atoms with Gasteiger partial charge in [0, 0.05) is 11.6 Å². The minimum Gasteiger partial charge on any atom is -0.491 e. The lowest BCUT2D eigenvalue weighted by Gasteiger charge is -2.09. The molecule has 0 spiro atoms. The minimum absolute atomic E-state index is 0.0700. The average molecular weight is 305 g/mol. The van der Waals surface area contributed by atoms with E-state index in [2.05, 4.69) is 5.32 Å². The molecule has 2 aromatic rings. The summed E-state index contributed by atoms with van der Waals surface area (Å²) in [6.45, 7) is 0.768. The summed E-state index contributed by atoms with van der Waals surface area (Å²) in [6.07, 6.45) is 0.280. The van der Waals surface area contributed by atoms with Gasteiger partial charge in [0.1, 0.15) is 5.75 Å². The molecule has 21 heavy (non-hydrogen) atoms. The Balaban J connectivity index is 1.70. The first kappa shape index (κ1) is 15.2. The van der Waals surface area contributed by atoms with Crippen molar-refractivity contribution < 1.29 is 9.53 Å². The summed E-state index contributed by atoms with van der Waals surface area (Å²) >= 11 is 5.80. The summed E-state index contributed by atoms with van der Waals surface area (Å²) < 4.78 is 5.47. The van der Waals surface area contributed by atoms with Gasteiger partial charge in [0.15, 0.2) is 0 Å². The van der Waals surface area contributed by atoms with E-state index in [1.165, 1.54) is 0 Å². The molecule has 2 rings (SSSR count). The number of nitrogens with one attached hydrogen (secondary N) is 1. The molecule has 2 aromatic carbocycles. The number of nitrogens with two attached hydrogens (primary N) is 1. The van der Waals surface area contributed by atoms with Crippen molar-refractivity contribution in [2.75, 3.05) is 12.3 Å². The highest BCUT2D eigenvalue weighted by Gasteiger charge is 2.03. The van der Waals surface area contributed by atoms with E-state index in [0.29, 0.717) is 29.6 Å². The number of para-hydroxylation sites is 2. The third-order valence-electron chi connectivity index (χ3n) is 2.91. The number of hydrogen-bond donors (Lipinski definition) is 2. The van der Waals surface area contributed by atoms with Crippen LogP contribution in [0, 0.1) is 0 Å². The molecule has 0 bridgehead atoms. The van der Waals surface area contributed by atoms with Gasteiger partial charge >= 0.3 is 0 Å². The first-order valence-corrected chi connectivity index (χ1v) is 7.01. The van der Waals surface area contributed by atoms with Gasteiger partial charge in [-0.15, -0.1) is 0 Å². The fraction of sp³-hybridized carbons (Fsp3) is 0.188. The number of carbonyl (C=O) groups excluding carboxylic acids is 1. The molecule has 0 aliphatic rings. The van der Waals surface area contributed by atoms with Crippen molar-refractivity contribution in [1.29, 1.82) is 0 Å². The predicted octanol–water partition coefficient (Wildman–Crippen LogP) is 3.01. The van der Waals surface area contributed by atoms with Crippen molar-refractivity contribution in [3.8, 4) is 5.75 Å². The molecular formula is C16H17ClN2O2. The van der Waals surface area contributed by atoms with Crippen LogP contribution in [0.25, 0.3) is 0 Å². The van der Waals surface area contributed by atoms with E-state index in [1.807, 2.05) is 24.3 Å². The topological polar surface area (TPSA) is 64.3 Å². The molecule has 0 aromatic heterocycles. The molecule has 0 heterocycles. The molecule has 0 atom stereocenters. The zero-order chi connectivity index (χ0) is 15.1. The maximum absolute atomic E-state index is 11.7. The van der Waals surface area contributed by atoms with Crippen molar-refractivity contribution in [1.82, 2.24) is 5.32 Å². The highest BCUT2D eigenvalue weighted by molar-refractivity contribution is 6.30. The van der Waals surface area contributed by atoms with E-state index in [9.17, 15) is 4.79 Å². The fourth-order valence-corrected chi connectivity index (χ4v) is 1.88. The monoisotopic (exact) mass is 304 g/mol. The van der Waals surface area contributed by atoms with Crippen molar-refractivity contribution in [3.05, 3.63) is 59.1 Å².